The van der Waals surface area contributed by atoms with Crippen LogP contribution in [0.25, 0.3) is 0 Å². The van der Waals surface area contributed by atoms with Crippen LogP contribution < -0.4 is 0 Å². The molecule has 1 rings (SSSR count). The number of hydrogen-bond acceptors (Lipinski definition) is 2. The number of rotatable bonds is 3. The quantitative estimate of drug-likeness (QED) is 0.746. The summed E-state index contributed by atoms with van der Waals surface area (Å²) in [5.41, 5.74) is 0. The second kappa shape index (κ2) is 6.93. The Morgan fingerprint density at radius 2 is 2.06 bits per heavy atom. The number of aliphatic hydroxyl groups excluding tert-OH is 1. The van der Waals surface area contributed by atoms with Gasteiger partial charge in [-0.3, -0.25) is 0 Å². The highest BCUT2D eigenvalue weighted by Gasteiger charge is 2.30. The van der Waals surface area contributed by atoms with Gasteiger partial charge in [-0.15, -0.1) is 0 Å². The Morgan fingerprint density at radius 3 is 2.69 bits per heavy atom. The average Bonchev–Trinajstić information content (AvgIpc) is 2.24. The minimum atomic E-state index is -0.0714. The lowest BCUT2D eigenvalue weighted by molar-refractivity contribution is -0.0241. The summed E-state index contributed by atoms with van der Waals surface area (Å²) < 4.78 is 5.84. The van der Waals surface area contributed by atoms with E-state index in [-0.39, 0.29) is 6.61 Å². The van der Waals surface area contributed by atoms with Crippen molar-refractivity contribution in [1.82, 2.24) is 0 Å². The molecule has 16 heavy (non-hydrogen) atoms. The van der Waals surface area contributed by atoms with E-state index in [1.165, 1.54) is 12.8 Å². The highest BCUT2D eigenvalue weighted by Crippen LogP contribution is 2.35. The molecule has 0 bridgehead atoms. The summed E-state index contributed by atoms with van der Waals surface area (Å²) in [5, 5.41) is 8.56. The van der Waals surface area contributed by atoms with Crippen molar-refractivity contribution in [3.8, 4) is 11.8 Å². The van der Waals surface area contributed by atoms with Crippen LogP contribution in [0.3, 0.4) is 0 Å². The summed E-state index contributed by atoms with van der Waals surface area (Å²) in [4.78, 5) is 0. The first-order valence-corrected chi connectivity index (χ1v) is 6.33. The Balaban J connectivity index is 2.44. The summed E-state index contributed by atoms with van der Waals surface area (Å²) in [5.74, 6) is 7.58. The molecule has 0 aromatic carbocycles. The van der Waals surface area contributed by atoms with Crippen LogP contribution in [0.2, 0.25) is 0 Å². The van der Waals surface area contributed by atoms with Gasteiger partial charge in [0.2, 0.25) is 0 Å². The van der Waals surface area contributed by atoms with Crippen molar-refractivity contribution in [2.24, 2.45) is 17.8 Å². The Bertz CT molecular complexity index is 249. The van der Waals surface area contributed by atoms with Gasteiger partial charge in [0.05, 0.1) is 6.10 Å². The lowest BCUT2D eigenvalue weighted by Crippen LogP contribution is -2.34. The summed E-state index contributed by atoms with van der Waals surface area (Å²) in [7, 11) is 0. The maximum absolute atomic E-state index is 8.56. The van der Waals surface area contributed by atoms with Crippen LogP contribution in [-0.4, -0.2) is 24.4 Å². The Labute approximate surface area is 99.4 Å². The summed E-state index contributed by atoms with van der Waals surface area (Å²) in [6.45, 7) is 7.23. The van der Waals surface area contributed by atoms with E-state index in [1.54, 1.807) is 0 Å². The number of ether oxygens (including phenoxy) is 1. The van der Waals surface area contributed by atoms with E-state index in [0.29, 0.717) is 24.5 Å². The van der Waals surface area contributed by atoms with Crippen molar-refractivity contribution < 1.29 is 9.84 Å². The van der Waals surface area contributed by atoms with Gasteiger partial charge in [0, 0.05) is 0 Å². The highest BCUT2D eigenvalue weighted by molar-refractivity contribution is 4.99. The zero-order valence-corrected chi connectivity index (χ0v) is 10.7. The molecule has 0 aromatic rings. The first-order valence-electron chi connectivity index (χ1n) is 6.33. The third kappa shape index (κ3) is 4.15. The molecule has 2 heteroatoms. The van der Waals surface area contributed by atoms with E-state index >= 15 is 0 Å². The van der Waals surface area contributed by atoms with Crippen LogP contribution in [0.5, 0.6) is 0 Å². The molecule has 1 aliphatic rings. The molecule has 0 aliphatic heterocycles. The van der Waals surface area contributed by atoms with Gasteiger partial charge in [0.15, 0.2) is 0 Å². The van der Waals surface area contributed by atoms with E-state index in [9.17, 15) is 0 Å². The highest BCUT2D eigenvalue weighted by atomic mass is 16.5. The van der Waals surface area contributed by atoms with Crippen molar-refractivity contribution in [1.29, 1.82) is 0 Å². The van der Waals surface area contributed by atoms with Gasteiger partial charge in [-0.05, 0) is 30.6 Å². The van der Waals surface area contributed by atoms with Crippen LogP contribution in [-0.2, 0) is 4.74 Å². The topological polar surface area (TPSA) is 29.5 Å². The van der Waals surface area contributed by atoms with Gasteiger partial charge in [-0.2, -0.15) is 0 Å². The van der Waals surface area contributed by atoms with Crippen molar-refractivity contribution in [2.45, 2.75) is 46.1 Å². The van der Waals surface area contributed by atoms with E-state index in [1.807, 2.05) is 0 Å². The standard InChI is InChI=1S/C14H24O2/c1-11(2)13-7-6-12(3)10-14(13)16-9-5-4-8-15/h11-15H,6-10H2,1-3H3. The fourth-order valence-electron chi connectivity index (χ4n) is 2.56. The largest absolute Gasteiger partial charge is 0.384 e. The first kappa shape index (κ1) is 13.5. The number of aliphatic hydroxyl groups is 1. The van der Waals surface area contributed by atoms with Gasteiger partial charge >= 0.3 is 0 Å². The lowest BCUT2D eigenvalue weighted by atomic mass is 9.75. The summed E-state index contributed by atoms with van der Waals surface area (Å²) >= 11 is 0. The van der Waals surface area contributed by atoms with E-state index in [2.05, 4.69) is 32.6 Å². The van der Waals surface area contributed by atoms with Crippen LogP contribution in [0.4, 0.5) is 0 Å². The van der Waals surface area contributed by atoms with Crippen molar-refractivity contribution in [3.63, 3.8) is 0 Å². The Kier molecular flexibility index (Phi) is 5.87. The molecule has 1 saturated carbocycles. The molecular formula is C14H24O2. The van der Waals surface area contributed by atoms with Crippen molar-refractivity contribution in [3.05, 3.63) is 0 Å². The van der Waals surface area contributed by atoms with Crippen LogP contribution in [0.15, 0.2) is 0 Å². The Hall–Kier alpha value is -0.520. The predicted molar refractivity (Wildman–Crippen MR) is 65.9 cm³/mol. The Morgan fingerprint density at radius 1 is 1.31 bits per heavy atom. The summed E-state index contributed by atoms with van der Waals surface area (Å²) in [6.07, 6.45) is 4.11. The molecule has 1 aliphatic carbocycles. The predicted octanol–water partition coefficient (Wildman–Crippen LogP) is 2.46. The van der Waals surface area contributed by atoms with Crippen LogP contribution >= 0.6 is 0 Å². The maximum Gasteiger partial charge on any atom is 0.108 e. The smallest absolute Gasteiger partial charge is 0.108 e. The van der Waals surface area contributed by atoms with E-state index < -0.39 is 0 Å². The minimum absolute atomic E-state index is 0.0714. The SMILES string of the molecule is CC1CCC(C(C)C)C(OCC#CCO)C1. The van der Waals surface area contributed by atoms with Gasteiger partial charge in [-0.25, -0.2) is 0 Å². The fraction of sp³-hybridized carbons (Fsp3) is 0.857. The second-order valence-corrected chi connectivity index (χ2v) is 5.19. The van der Waals surface area contributed by atoms with Gasteiger partial charge in [-0.1, -0.05) is 39.0 Å². The van der Waals surface area contributed by atoms with Gasteiger partial charge < -0.3 is 9.84 Å². The van der Waals surface area contributed by atoms with Gasteiger partial charge in [0.1, 0.15) is 13.2 Å². The molecular weight excluding hydrogens is 200 g/mol. The molecule has 0 heterocycles. The molecule has 0 spiro atoms. The molecule has 0 radical (unpaired) electrons. The van der Waals surface area contributed by atoms with E-state index in [4.69, 9.17) is 9.84 Å². The zero-order chi connectivity index (χ0) is 12.0. The van der Waals surface area contributed by atoms with Crippen LogP contribution in [0, 0.1) is 29.6 Å². The van der Waals surface area contributed by atoms with E-state index in [0.717, 1.165) is 12.3 Å². The molecule has 0 saturated heterocycles. The van der Waals surface area contributed by atoms with Crippen LogP contribution in [0.1, 0.15) is 40.0 Å². The molecule has 92 valence electrons. The summed E-state index contributed by atoms with van der Waals surface area (Å²) in [6, 6.07) is 0. The maximum atomic E-state index is 8.56. The molecule has 0 amide bonds. The molecule has 1 N–H and O–H groups in total. The van der Waals surface area contributed by atoms with Crippen molar-refractivity contribution in [2.75, 3.05) is 13.2 Å². The molecule has 3 atom stereocenters. The third-order valence-corrected chi connectivity index (χ3v) is 3.53. The first-order chi connectivity index (χ1) is 7.65. The zero-order valence-electron chi connectivity index (χ0n) is 10.7. The second-order valence-electron chi connectivity index (χ2n) is 5.19. The average molecular weight is 224 g/mol. The van der Waals surface area contributed by atoms with Crippen molar-refractivity contribution >= 4 is 0 Å². The fourth-order valence-corrected chi connectivity index (χ4v) is 2.56. The normalized spacial score (nSPS) is 29.9. The minimum Gasteiger partial charge on any atom is -0.384 e. The molecule has 0 aromatic heterocycles. The molecule has 1 fully saturated rings. The number of hydrogen-bond donors (Lipinski definition) is 1. The monoisotopic (exact) mass is 224 g/mol. The lowest BCUT2D eigenvalue weighted by Gasteiger charge is -2.36. The molecule has 3 unspecified atom stereocenters. The van der Waals surface area contributed by atoms with Gasteiger partial charge in [0.25, 0.3) is 0 Å². The molecule has 2 nitrogen and oxygen atoms in total. The third-order valence-electron chi connectivity index (χ3n) is 3.53.